The zero-order valence-corrected chi connectivity index (χ0v) is 11.4. The van der Waals surface area contributed by atoms with Crippen molar-refractivity contribution in [2.75, 3.05) is 0 Å². The van der Waals surface area contributed by atoms with E-state index in [0.29, 0.717) is 5.92 Å². The Kier molecular flexibility index (Phi) is 4.94. The normalized spacial score (nSPS) is 10.2. The molecule has 94 valence electrons. The highest BCUT2D eigenvalue weighted by Crippen LogP contribution is 2.10. The van der Waals surface area contributed by atoms with Gasteiger partial charge in [0, 0.05) is 26.0 Å². The van der Waals surface area contributed by atoms with E-state index in [1.807, 2.05) is 48.0 Å². The van der Waals surface area contributed by atoms with Crippen LogP contribution >= 0.6 is 0 Å². The molecule has 0 amide bonds. The number of aryl methyl sites for hydroxylation is 3. The predicted octanol–water partition coefficient (Wildman–Crippen LogP) is 2.75. The molecule has 0 unspecified atom stereocenters. The average molecular weight is 234 g/mol. The molecule has 0 atom stereocenters. The summed E-state index contributed by atoms with van der Waals surface area (Å²) in [6.07, 6.45) is 5.94. The summed E-state index contributed by atoms with van der Waals surface area (Å²) in [7, 11) is 1.94. The molecule has 17 heavy (non-hydrogen) atoms. The molecule has 2 rings (SSSR count). The van der Waals surface area contributed by atoms with Crippen LogP contribution in [0.2, 0.25) is 0 Å². The highest BCUT2D eigenvalue weighted by atomic mass is 15.3. The van der Waals surface area contributed by atoms with Crippen molar-refractivity contribution >= 4 is 0 Å². The lowest BCUT2D eigenvalue weighted by atomic mass is 10.1. The van der Waals surface area contributed by atoms with Crippen molar-refractivity contribution in [2.24, 2.45) is 7.05 Å². The van der Waals surface area contributed by atoms with Crippen molar-refractivity contribution in [1.29, 1.82) is 0 Å². The Morgan fingerprint density at radius 3 is 2.29 bits per heavy atom. The van der Waals surface area contributed by atoms with E-state index in [1.165, 1.54) is 5.56 Å². The minimum absolute atomic E-state index is 0.596. The third-order valence-electron chi connectivity index (χ3n) is 2.49. The SMILES string of the molecule is CC(C)c1cnn(C)c1.CCn1ccc(C)n1. The fourth-order valence-electron chi connectivity index (χ4n) is 1.38. The molecule has 2 heterocycles. The van der Waals surface area contributed by atoms with Crippen molar-refractivity contribution in [3.05, 3.63) is 35.9 Å². The summed E-state index contributed by atoms with van der Waals surface area (Å²) in [4.78, 5) is 0. The molecule has 0 spiro atoms. The van der Waals surface area contributed by atoms with Gasteiger partial charge in [-0.15, -0.1) is 0 Å². The second-order valence-electron chi connectivity index (χ2n) is 4.41. The van der Waals surface area contributed by atoms with Crippen molar-refractivity contribution in [1.82, 2.24) is 19.6 Å². The lowest BCUT2D eigenvalue weighted by Crippen LogP contribution is -1.93. The lowest BCUT2D eigenvalue weighted by Gasteiger charge is -1.95. The molecule has 4 nitrogen and oxygen atoms in total. The van der Waals surface area contributed by atoms with Gasteiger partial charge in [0.1, 0.15) is 0 Å². The molecule has 0 saturated heterocycles. The van der Waals surface area contributed by atoms with Gasteiger partial charge in [-0.2, -0.15) is 10.2 Å². The van der Waals surface area contributed by atoms with Crippen LogP contribution in [0.1, 0.15) is 37.9 Å². The van der Waals surface area contributed by atoms with E-state index in [2.05, 4.69) is 31.0 Å². The van der Waals surface area contributed by atoms with Gasteiger partial charge in [-0.05, 0) is 31.4 Å². The minimum Gasteiger partial charge on any atom is -0.276 e. The van der Waals surface area contributed by atoms with Gasteiger partial charge in [-0.1, -0.05) is 13.8 Å². The van der Waals surface area contributed by atoms with Crippen LogP contribution in [0.15, 0.2) is 24.7 Å². The first-order valence-corrected chi connectivity index (χ1v) is 6.01. The Labute approximate surface area is 103 Å². The Morgan fingerprint density at radius 1 is 1.35 bits per heavy atom. The van der Waals surface area contributed by atoms with Crippen molar-refractivity contribution < 1.29 is 0 Å². The highest BCUT2D eigenvalue weighted by molar-refractivity contribution is 5.08. The fraction of sp³-hybridized carbons (Fsp3) is 0.538. The highest BCUT2D eigenvalue weighted by Gasteiger charge is 1.98. The second-order valence-corrected chi connectivity index (χ2v) is 4.41. The first kappa shape index (κ1) is 13.5. The Hall–Kier alpha value is -1.58. The summed E-state index contributed by atoms with van der Waals surface area (Å²) in [6.45, 7) is 9.36. The molecule has 0 radical (unpaired) electrons. The van der Waals surface area contributed by atoms with Gasteiger partial charge in [0.05, 0.1) is 11.9 Å². The molecule has 0 aliphatic rings. The maximum absolute atomic E-state index is 4.15. The molecule has 4 heteroatoms. The van der Waals surface area contributed by atoms with Gasteiger partial charge in [-0.3, -0.25) is 9.36 Å². The van der Waals surface area contributed by atoms with E-state index in [-0.39, 0.29) is 0 Å². The van der Waals surface area contributed by atoms with E-state index >= 15 is 0 Å². The van der Waals surface area contributed by atoms with E-state index < -0.39 is 0 Å². The smallest absolute Gasteiger partial charge is 0.0593 e. The molecular formula is C13H22N4. The van der Waals surface area contributed by atoms with E-state index in [9.17, 15) is 0 Å². The first-order valence-electron chi connectivity index (χ1n) is 6.01. The van der Waals surface area contributed by atoms with E-state index in [4.69, 9.17) is 0 Å². The Balaban J connectivity index is 0.000000171. The first-order chi connectivity index (χ1) is 8.02. The summed E-state index contributed by atoms with van der Waals surface area (Å²) < 4.78 is 3.74. The fourth-order valence-corrected chi connectivity index (χ4v) is 1.38. The second kappa shape index (κ2) is 6.23. The zero-order chi connectivity index (χ0) is 12.8. The van der Waals surface area contributed by atoms with Crippen LogP contribution < -0.4 is 0 Å². The Bertz CT molecular complexity index is 440. The third kappa shape index (κ3) is 4.43. The molecule has 0 fully saturated rings. The summed E-state index contributed by atoms with van der Waals surface area (Å²) >= 11 is 0. The standard InChI is InChI=1S/C7H12N2.C6H10N2/c1-6(2)7-4-8-9(3)5-7;1-3-8-5-4-6(2)7-8/h4-6H,1-3H3;4-5H,3H2,1-2H3. The third-order valence-corrected chi connectivity index (χ3v) is 2.49. The van der Waals surface area contributed by atoms with Crippen molar-refractivity contribution in [3.8, 4) is 0 Å². The van der Waals surface area contributed by atoms with Crippen LogP contribution in [0.5, 0.6) is 0 Å². The summed E-state index contributed by atoms with van der Waals surface area (Å²) in [5, 5.41) is 8.20. The molecular weight excluding hydrogens is 212 g/mol. The summed E-state index contributed by atoms with van der Waals surface area (Å²) in [5.74, 6) is 0.596. The zero-order valence-electron chi connectivity index (χ0n) is 11.4. The van der Waals surface area contributed by atoms with Gasteiger partial charge in [0.2, 0.25) is 0 Å². The number of nitrogens with zero attached hydrogens (tertiary/aromatic N) is 4. The molecule has 0 aromatic carbocycles. The molecule has 0 aliphatic carbocycles. The van der Waals surface area contributed by atoms with Gasteiger partial charge in [-0.25, -0.2) is 0 Å². The van der Waals surface area contributed by atoms with Crippen LogP contribution in [0.25, 0.3) is 0 Å². The van der Waals surface area contributed by atoms with Gasteiger partial charge in [0.15, 0.2) is 0 Å². The maximum Gasteiger partial charge on any atom is 0.0593 e. The van der Waals surface area contributed by atoms with Crippen LogP contribution in [0.4, 0.5) is 0 Å². The number of rotatable bonds is 2. The van der Waals surface area contributed by atoms with E-state index in [0.717, 1.165) is 12.2 Å². The molecule has 0 saturated carbocycles. The summed E-state index contributed by atoms with van der Waals surface area (Å²) in [5.41, 5.74) is 2.39. The Morgan fingerprint density at radius 2 is 2.06 bits per heavy atom. The number of aromatic nitrogens is 4. The van der Waals surface area contributed by atoms with Crippen molar-refractivity contribution in [2.45, 2.75) is 40.2 Å². The molecule has 0 N–H and O–H groups in total. The maximum atomic E-state index is 4.15. The molecule has 0 aliphatic heterocycles. The largest absolute Gasteiger partial charge is 0.276 e. The predicted molar refractivity (Wildman–Crippen MR) is 69.9 cm³/mol. The van der Waals surface area contributed by atoms with Crippen LogP contribution in [-0.4, -0.2) is 19.6 Å². The van der Waals surface area contributed by atoms with Crippen LogP contribution in [0, 0.1) is 6.92 Å². The van der Waals surface area contributed by atoms with Crippen molar-refractivity contribution in [3.63, 3.8) is 0 Å². The topological polar surface area (TPSA) is 35.6 Å². The van der Waals surface area contributed by atoms with Crippen LogP contribution in [-0.2, 0) is 13.6 Å². The van der Waals surface area contributed by atoms with E-state index in [1.54, 1.807) is 0 Å². The quantitative estimate of drug-likeness (QED) is 0.801. The monoisotopic (exact) mass is 234 g/mol. The number of hydrogen-bond acceptors (Lipinski definition) is 2. The minimum atomic E-state index is 0.596. The molecule has 0 bridgehead atoms. The average Bonchev–Trinajstić information content (AvgIpc) is 2.88. The summed E-state index contributed by atoms with van der Waals surface area (Å²) in [6, 6.07) is 2.00. The van der Waals surface area contributed by atoms with Crippen LogP contribution in [0.3, 0.4) is 0 Å². The van der Waals surface area contributed by atoms with Gasteiger partial charge < -0.3 is 0 Å². The van der Waals surface area contributed by atoms with Gasteiger partial charge in [0.25, 0.3) is 0 Å². The molecule has 2 aromatic heterocycles. The molecule has 2 aromatic rings. The van der Waals surface area contributed by atoms with Gasteiger partial charge >= 0.3 is 0 Å². The lowest BCUT2D eigenvalue weighted by molar-refractivity contribution is 0.653. The number of hydrogen-bond donors (Lipinski definition) is 0.